The number of rotatable bonds is 10. The molecule has 0 saturated heterocycles. The van der Waals surface area contributed by atoms with E-state index in [0.29, 0.717) is 32.9 Å². The lowest BCUT2D eigenvalue weighted by atomic mass is 10.1. The molecule has 7 heteroatoms. The van der Waals surface area contributed by atoms with Crippen LogP contribution in [-0.2, 0) is 17.8 Å². The molecule has 0 aliphatic rings. The monoisotopic (exact) mass is 513 g/mol. The molecule has 0 fully saturated rings. The molecule has 29 heavy (non-hydrogen) atoms. The summed E-state index contributed by atoms with van der Waals surface area (Å²) in [5.41, 5.74) is 3.26. The van der Waals surface area contributed by atoms with Crippen LogP contribution in [0.2, 0.25) is 0 Å². The molecule has 2 rings (SSSR count). The van der Waals surface area contributed by atoms with Gasteiger partial charge in [-0.25, -0.2) is 4.99 Å². The van der Waals surface area contributed by atoms with Gasteiger partial charge in [0, 0.05) is 25.3 Å². The fraction of sp³-hybridized carbons (Fsp3) is 0.409. The van der Waals surface area contributed by atoms with Crippen LogP contribution in [0.1, 0.15) is 30.5 Å². The highest BCUT2D eigenvalue weighted by atomic mass is 127. The third kappa shape index (κ3) is 9.36. The molecular formula is C22H32IN3O3. The Hall–Kier alpha value is -2.00. The molecule has 2 aromatic carbocycles. The van der Waals surface area contributed by atoms with E-state index < -0.39 is 0 Å². The fourth-order valence-corrected chi connectivity index (χ4v) is 2.59. The number of aliphatic imine (C=N–C) groups is 1. The number of phenolic OH excluding ortho intramolecular Hbond substituents is 1. The maximum Gasteiger partial charge on any atom is 0.191 e. The van der Waals surface area contributed by atoms with Gasteiger partial charge in [-0.2, -0.15) is 0 Å². The minimum Gasteiger partial charge on any atom is -0.508 e. The summed E-state index contributed by atoms with van der Waals surface area (Å²) >= 11 is 0. The van der Waals surface area contributed by atoms with Gasteiger partial charge in [0.1, 0.15) is 18.1 Å². The highest BCUT2D eigenvalue weighted by molar-refractivity contribution is 14.0. The molecule has 0 spiro atoms. The molecule has 2 aromatic rings. The SMILES string of the molecule is CCNC(=NCc1ccc(O)cc1)NCc1ccc(C)cc1OCCOCC.I. The van der Waals surface area contributed by atoms with Crippen molar-refractivity contribution in [3.8, 4) is 11.5 Å². The Kier molecular flexibility index (Phi) is 12.1. The van der Waals surface area contributed by atoms with Gasteiger partial charge in [0.2, 0.25) is 0 Å². The van der Waals surface area contributed by atoms with Crippen LogP contribution in [0.5, 0.6) is 11.5 Å². The molecule has 0 bridgehead atoms. The van der Waals surface area contributed by atoms with Gasteiger partial charge in [-0.05, 0) is 50.1 Å². The van der Waals surface area contributed by atoms with E-state index in [1.165, 1.54) is 0 Å². The van der Waals surface area contributed by atoms with Crippen LogP contribution in [0.3, 0.4) is 0 Å². The third-order valence-corrected chi connectivity index (χ3v) is 4.06. The number of benzene rings is 2. The number of nitrogens with zero attached hydrogens (tertiary/aromatic N) is 1. The van der Waals surface area contributed by atoms with E-state index in [9.17, 15) is 5.11 Å². The van der Waals surface area contributed by atoms with Gasteiger partial charge in [0.15, 0.2) is 5.96 Å². The molecule has 0 saturated carbocycles. The van der Waals surface area contributed by atoms with Crippen molar-refractivity contribution in [3.63, 3.8) is 0 Å². The van der Waals surface area contributed by atoms with E-state index >= 15 is 0 Å². The molecular weight excluding hydrogens is 481 g/mol. The number of halogens is 1. The van der Waals surface area contributed by atoms with E-state index in [1.807, 2.05) is 32.0 Å². The van der Waals surface area contributed by atoms with Gasteiger partial charge < -0.3 is 25.2 Å². The first kappa shape index (κ1) is 25.0. The number of phenols is 1. The highest BCUT2D eigenvalue weighted by Gasteiger charge is 2.06. The first-order chi connectivity index (χ1) is 13.6. The number of guanidine groups is 1. The number of aromatic hydroxyl groups is 1. The van der Waals surface area contributed by atoms with Gasteiger partial charge in [-0.15, -0.1) is 24.0 Å². The lowest BCUT2D eigenvalue weighted by Gasteiger charge is -2.15. The number of hydrogen-bond donors (Lipinski definition) is 3. The van der Waals surface area contributed by atoms with Crippen molar-refractivity contribution >= 4 is 29.9 Å². The molecule has 0 unspecified atom stereocenters. The van der Waals surface area contributed by atoms with Crippen LogP contribution in [0, 0.1) is 6.92 Å². The van der Waals surface area contributed by atoms with Crippen LogP contribution in [0.15, 0.2) is 47.5 Å². The Morgan fingerprint density at radius 2 is 1.79 bits per heavy atom. The van der Waals surface area contributed by atoms with Gasteiger partial charge >= 0.3 is 0 Å². The van der Waals surface area contributed by atoms with Crippen LogP contribution < -0.4 is 15.4 Å². The van der Waals surface area contributed by atoms with Crippen molar-refractivity contribution in [3.05, 3.63) is 59.2 Å². The fourth-order valence-electron chi connectivity index (χ4n) is 2.59. The van der Waals surface area contributed by atoms with E-state index in [4.69, 9.17) is 9.47 Å². The minimum atomic E-state index is 0. The molecule has 160 valence electrons. The maximum atomic E-state index is 9.39. The second-order valence-electron chi connectivity index (χ2n) is 6.37. The summed E-state index contributed by atoms with van der Waals surface area (Å²) in [5.74, 6) is 1.85. The van der Waals surface area contributed by atoms with Crippen molar-refractivity contribution in [2.24, 2.45) is 4.99 Å². The standard InChI is InChI=1S/C22H31N3O3.HI/c1-4-23-22(24-15-18-7-10-20(26)11-8-18)25-16-19-9-6-17(3)14-21(19)28-13-12-27-5-2;/h6-11,14,26H,4-5,12-13,15-16H2,1-3H3,(H2,23,24,25);1H. The van der Waals surface area contributed by atoms with Crippen LogP contribution >= 0.6 is 24.0 Å². The molecule has 0 atom stereocenters. The van der Waals surface area contributed by atoms with Crippen molar-refractivity contribution in [2.75, 3.05) is 26.4 Å². The first-order valence-corrected chi connectivity index (χ1v) is 9.72. The van der Waals surface area contributed by atoms with E-state index in [1.54, 1.807) is 12.1 Å². The predicted molar refractivity (Wildman–Crippen MR) is 128 cm³/mol. The summed E-state index contributed by atoms with van der Waals surface area (Å²) in [6, 6.07) is 13.3. The topological polar surface area (TPSA) is 75.1 Å². The molecule has 0 heterocycles. The summed E-state index contributed by atoms with van der Waals surface area (Å²) < 4.78 is 11.3. The zero-order chi connectivity index (χ0) is 20.2. The Morgan fingerprint density at radius 3 is 2.48 bits per heavy atom. The normalized spacial score (nSPS) is 10.9. The van der Waals surface area contributed by atoms with Gasteiger partial charge in [-0.1, -0.05) is 24.3 Å². The maximum absolute atomic E-state index is 9.39. The zero-order valence-electron chi connectivity index (χ0n) is 17.4. The quantitative estimate of drug-likeness (QED) is 0.194. The van der Waals surface area contributed by atoms with E-state index in [-0.39, 0.29) is 29.7 Å². The third-order valence-electron chi connectivity index (χ3n) is 4.06. The summed E-state index contributed by atoms with van der Waals surface area (Å²) in [6.07, 6.45) is 0. The van der Waals surface area contributed by atoms with Gasteiger partial charge in [0.05, 0.1) is 13.2 Å². The van der Waals surface area contributed by atoms with Gasteiger partial charge in [0.25, 0.3) is 0 Å². The van der Waals surface area contributed by atoms with E-state index in [0.717, 1.165) is 34.9 Å². The molecule has 0 aliphatic heterocycles. The average Bonchev–Trinajstić information content (AvgIpc) is 2.69. The Balaban J connectivity index is 0.00000420. The lowest BCUT2D eigenvalue weighted by molar-refractivity contribution is 0.110. The van der Waals surface area contributed by atoms with Crippen molar-refractivity contribution in [2.45, 2.75) is 33.9 Å². The number of ether oxygens (including phenoxy) is 2. The Bertz CT molecular complexity index is 751. The van der Waals surface area contributed by atoms with Crippen LogP contribution in [0.4, 0.5) is 0 Å². The molecule has 0 aromatic heterocycles. The Labute approximate surface area is 190 Å². The van der Waals surface area contributed by atoms with Crippen LogP contribution in [-0.4, -0.2) is 37.4 Å². The molecule has 6 nitrogen and oxygen atoms in total. The van der Waals surface area contributed by atoms with Crippen molar-refractivity contribution in [1.82, 2.24) is 10.6 Å². The summed E-state index contributed by atoms with van der Waals surface area (Å²) in [6.45, 7) is 9.76. The number of aryl methyl sites for hydroxylation is 1. The summed E-state index contributed by atoms with van der Waals surface area (Å²) in [4.78, 5) is 4.61. The number of nitrogens with one attached hydrogen (secondary N) is 2. The van der Waals surface area contributed by atoms with Crippen LogP contribution in [0.25, 0.3) is 0 Å². The molecule has 3 N–H and O–H groups in total. The van der Waals surface area contributed by atoms with Gasteiger partial charge in [-0.3, -0.25) is 0 Å². The second kappa shape index (κ2) is 14.1. The summed E-state index contributed by atoms with van der Waals surface area (Å²) in [5, 5.41) is 16.0. The average molecular weight is 513 g/mol. The predicted octanol–water partition coefficient (Wildman–Crippen LogP) is 3.99. The summed E-state index contributed by atoms with van der Waals surface area (Å²) in [7, 11) is 0. The smallest absolute Gasteiger partial charge is 0.191 e. The molecule has 0 aliphatic carbocycles. The lowest BCUT2D eigenvalue weighted by Crippen LogP contribution is -2.36. The minimum absolute atomic E-state index is 0. The largest absolute Gasteiger partial charge is 0.508 e. The zero-order valence-corrected chi connectivity index (χ0v) is 19.7. The highest BCUT2D eigenvalue weighted by Crippen LogP contribution is 2.20. The number of hydrogen-bond acceptors (Lipinski definition) is 4. The second-order valence-corrected chi connectivity index (χ2v) is 6.37. The van der Waals surface area contributed by atoms with E-state index in [2.05, 4.69) is 34.7 Å². The molecule has 0 amide bonds. The van der Waals surface area contributed by atoms with Crippen molar-refractivity contribution < 1.29 is 14.6 Å². The first-order valence-electron chi connectivity index (χ1n) is 9.72. The molecule has 0 radical (unpaired) electrons. The van der Waals surface area contributed by atoms with Crippen molar-refractivity contribution in [1.29, 1.82) is 0 Å². The Morgan fingerprint density at radius 1 is 1.03 bits per heavy atom.